The minimum Gasteiger partial charge on any atom is -0.384 e. The van der Waals surface area contributed by atoms with Crippen LogP contribution in [0.15, 0.2) is 81.6 Å². The Labute approximate surface area is 249 Å². The van der Waals surface area contributed by atoms with Gasteiger partial charge in [-0.2, -0.15) is 5.26 Å². The number of carbonyl (C=O) groups is 2. The second-order valence-corrected chi connectivity index (χ2v) is 11.9. The van der Waals surface area contributed by atoms with Gasteiger partial charge in [-0.15, -0.1) is 10.2 Å². The Morgan fingerprint density at radius 3 is 2.65 bits per heavy atom. The molecule has 1 aliphatic heterocycles. The molecule has 2 aliphatic rings. The van der Waals surface area contributed by atoms with Gasteiger partial charge in [0.15, 0.2) is 10.1 Å². The first kappa shape index (κ1) is 27.9. The van der Waals surface area contributed by atoms with Gasteiger partial charge in [0, 0.05) is 23.6 Å². The van der Waals surface area contributed by atoms with Crippen molar-refractivity contribution in [2.75, 3.05) is 16.0 Å². The van der Waals surface area contributed by atoms with Crippen molar-refractivity contribution >= 4 is 74.9 Å². The number of allylic oxidation sites excluding steroid dienone is 4. The number of para-hydroxylation sites is 1. The van der Waals surface area contributed by atoms with Gasteiger partial charge >= 0.3 is 0 Å². The lowest BCUT2D eigenvalue weighted by Gasteiger charge is -2.37. The molecule has 0 radical (unpaired) electrons. The Morgan fingerprint density at radius 1 is 1.18 bits per heavy atom. The van der Waals surface area contributed by atoms with E-state index >= 15 is 0 Å². The minimum absolute atomic E-state index is 0.0109. The molecule has 0 spiro atoms. The molecule has 0 fully saturated rings. The molecule has 0 saturated heterocycles. The molecule has 2 aromatic carbocycles. The fraction of sp³-hybridized carbons (Fsp3) is 0.179. The molecule has 40 heavy (non-hydrogen) atoms. The predicted molar refractivity (Wildman–Crippen MR) is 160 cm³/mol. The first-order valence-electron chi connectivity index (χ1n) is 12.3. The number of aromatic nitrogens is 2. The summed E-state index contributed by atoms with van der Waals surface area (Å²) in [5.41, 5.74) is 9.45. The molecule has 5 rings (SSSR count). The van der Waals surface area contributed by atoms with Crippen molar-refractivity contribution in [1.82, 2.24) is 10.2 Å². The summed E-state index contributed by atoms with van der Waals surface area (Å²) in [4.78, 5) is 27.4. The molecule has 2 heterocycles. The highest BCUT2D eigenvalue weighted by atomic mass is 35.5. The molecule has 1 atom stereocenters. The van der Waals surface area contributed by atoms with E-state index in [9.17, 15) is 14.9 Å². The van der Waals surface area contributed by atoms with E-state index in [0.717, 1.165) is 11.3 Å². The summed E-state index contributed by atoms with van der Waals surface area (Å²) in [7, 11) is 0. The zero-order chi connectivity index (χ0) is 28.2. The average Bonchev–Trinajstić information content (AvgIpc) is 3.41. The number of amides is 1. The molecule has 3 aromatic rings. The summed E-state index contributed by atoms with van der Waals surface area (Å²) in [6, 6.07) is 16.9. The lowest BCUT2D eigenvalue weighted by atomic mass is 9.79. The molecule has 8 nitrogen and oxygen atoms in total. The first-order chi connectivity index (χ1) is 19.4. The van der Waals surface area contributed by atoms with Crippen LogP contribution in [0.4, 0.5) is 10.8 Å². The van der Waals surface area contributed by atoms with E-state index in [2.05, 4.69) is 21.6 Å². The van der Waals surface area contributed by atoms with Crippen LogP contribution in [0.25, 0.3) is 6.08 Å². The SMILES string of the molecule is N#CC1=C(N)N(c2nnc(SCC(=O)Nc3c(Cl)cccc3Cl)s2)C2=C(C(=O)CCC2)C1/C=C/c1ccccc1. The number of nitrogens with two attached hydrogens (primary N) is 1. The largest absolute Gasteiger partial charge is 0.384 e. The third-order valence-electron chi connectivity index (χ3n) is 6.38. The first-order valence-corrected chi connectivity index (χ1v) is 14.8. The number of nitriles is 1. The lowest BCUT2D eigenvalue weighted by molar-refractivity contribution is -0.116. The number of anilines is 2. The Morgan fingerprint density at radius 2 is 1.93 bits per heavy atom. The van der Waals surface area contributed by atoms with Crippen LogP contribution in [0.2, 0.25) is 10.0 Å². The molecule has 3 N–H and O–H groups in total. The van der Waals surface area contributed by atoms with Gasteiger partial charge in [-0.1, -0.05) is 94.9 Å². The summed E-state index contributed by atoms with van der Waals surface area (Å²) in [5, 5.41) is 22.4. The van der Waals surface area contributed by atoms with Gasteiger partial charge in [0.1, 0.15) is 5.82 Å². The average molecular weight is 610 g/mol. The number of nitrogens with one attached hydrogen (secondary N) is 1. The Kier molecular flexibility index (Phi) is 8.57. The molecule has 0 saturated carbocycles. The van der Waals surface area contributed by atoms with Crippen LogP contribution in [-0.2, 0) is 9.59 Å². The molecule has 1 aromatic heterocycles. The van der Waals surface area contributed by atoms with Crippen LogP contribution in [0.1, 0.15) is 24.8 Å². The number of rotatable bonds is 7. The van der Waals surface area contributed by atoms with Crippen molar-refractivity contribution < 1.29 is 9.59 Å². The van der Waals surface area contributed by atoms with E-state index in [-0.39, 0.29) is 28.8 Å². The smallest absolute Gasteiger partial charge is 0.234 e. The number of hydrogen-bond acceptors (Lipinski definition) is 9. The Hall–Kier alpha value is -3.62. The highest BCUT2D eigenvalue weighted by Crippen LogP contribution is 2.44. The van der Waals surface area contributed by atoms with Gasteiger partial charge < -0.3 is 11.1 Å². The second kappa shape index (κ2) is 12.3. The van der Waals surface area contributed by atoms with E-state index in [4.69, 9.17) is 28.9 Å². The Bertz CT molecular complexity index is 1590. The van der Waals surface area contributed by atoms with Crippen molar-refractivity contribution in [3.05, 3.63) is 92.9 Å². The van der Waals surface area contributed by atoms with Gasteiger partial charge in [0.05, 0.1) is 33.1 Å². The zero-order valence-corrected chi connectivity index (χ0v) is 24.1. The van der Waals surface area contributed by atoms with Crippen molar-refractivity contribution in [2.45, 2.75) is 23.6 Å². The minimum atomic E-state index is -0.550. The van der Waals surface area contributed by atoms with Gasteiger partial charge in [0.2, 0.25) is 11.0 Å². The van der Waals surface area contributed by atoms with Crippen LogP contribution < -0.4 is 16.0 Å². The summed E-state index contributed by atoms with van der Waals surface area (Å²) in [6.07, 6.45) is 5.45. The van der Waals surface area contributed by atoms with E-state index < -0.39 is 5.92 Å². The van der Waals surface area contributed by atoms with Crippen molar-refractivity contribution in [3.63, 3.8) is 0 Å². The molecule has 12 heteroatoms. The van der Waals surface area contributed by atoms with Crippen LogP contribution in [0.3, 0.4) is 0 Å². The van der Waals surface area contributed by atoms with Gasteiger partial charge in [-0.25, -0.2) is 0 Å². The van der Waals surface area contributed by atoms with Crippen LogP contribution >= 0.6 is 46.3 Å². The molecular formula is C28H22Cl2N6O2S2. The molecule has 0 bridgehead atoms. The second-order valence-electron chi connectivity index (χ2n) is 8.91. The topological polar surface area (TPSA) is 125 Å². The fourth-order valence-electron chi connectivity index (χ4n) is 4.58. The van der Waals surface area contributed by atoms with Crippen LogP contribution in [-0.4, -0.2) is 27.6 Å². The third-order valence-corrected chi connectivity index (χ3v) is 9.05. The number of halogens is 2. The molecule has 1 aliphatic carbocycles. The van der Waals surface area contributed by atoms with Crippen molar-refractivity contribution in [3.8, 4) is 6.07 Å². The van der Waals surface area contributed by atoms with Gasteiger partial charge in [-0.3, -0.25) is 14.5 Å². The fourth-order valence-corrected chi connectivity index (χ4v) is 6.75. The van der Waals surface area contributed by atoms with Crippen LogP contribution in [0, 0.1) is 17.2 Å². The number of ketones is 1. The van der Waals surface area contributed by atoms with Crippen molar-refractivity contribution in [1.29, 1.82) is 5.26 Å². The van der Waals surface area contributed by atoms with E-state index in [1.807, 2.05) is 42.5 Å². The summed E-state index contributed by atoms with van der Waals surface area (Å²) in [5.74, 6) is -0.604. The third kappa shape index (κ3) is 5.78. The number of nitrogens with zero attached hydrogens (tertiary/aromatic N) is 4. The monoisotopic (exact) mass is 608 g/mol. The maximum absolute atomic E-state index is 13.2. The highest BCUT2D eigenvalue weighted by molar-refractivity contribution is 8.01. The van der Waals surface area contributed by atoms with Crippen LogP contribution in [0.5, 0.6) is 0 Å². The number of benzene rings is 2. The normalized spacial score (nSPS) is 17.3. The summed E-state index contributed by atoms with van der Waals surface area (Å²) < 4.78 is 0.525. The molecule has 202 valence electrons. The Balaban J connectivity index is 1.39. The summed E-state index contributed by atoms with van der Waals surface area (Å²) >= 11 is 14.7. The zero-order valence-electron chi connectivity index (χ0n) is 20.9. The lowest BCUT2D eigenvalue weighted by Crippen LogP contribution is -2.39. The number of thioether (sulfide) groups is 1. The molecule has 1 unspecified atom stereocenters. The maximum atomic E-state index is 13.2. The standard InChI is InChI=1S/C28H22Cl2N6O2S2/c29-19-8-4-9-20(30)25(19)33-23(38)15-39-28-35-34-27(40-28)36-21-10-5-11-22(37)24(21)17(18(14-31)26(36)32)13-12-16-6-2-1-3-7-16/h1-4,6-9,12-13,17H,5,10-11,15,32H2,(H,33,38)/b13-12+. The molecule has 1 amide bonds. The van der Waals surface area contributed by atoms with E-state index in [0.29, 0.717) is 50.0 Å². The number of Topliss-reactive ketones (excluding diaryl/α,β-unsaturated/α-hetero) is 1. The van der Waals surface area contributed by atoms with E-state index in [1.54, 1.807) is 23.1 Å². The quantitative estimate of drug-likeness (QED) is 0.294. The highest BCUT2D eigenvalue weighted by Gasteiger charge is 2.39. The number of hydrogen-bond donors (Lipinski definition) is 2. The predicted octanol–water partition coefficient (Wildman–Crippen LogP) is 6.43. The van der Waals surface area contributed by atoms with Crippen molar-refractivity contribution in [2.24, 2.45) is 11.7 Å². The maximum Gasteiger partial charge on any atom is 0.234 e. The van der Waals surface area contributed by atoms with Gasteiger partial charge in [0.25, 0.3) is 0 Å². The molecular weight excluding hydrogens is 587 g/mol. The van der Waals surface area contributed by atoms with Gasteiger partial charge in [-0.05, 0) is 30.5 Å². The number of carbonyl (C=O) groups excluding carboxylic acids is 2. The summed E-state index contributed by atoms with van der Waals surface area (Å²) in [6.45, 7) is 0. The van der Waals surface area contributed by atoms with E-state index in [1.165, 1.54) is 23.1 Å².